The van der Waals surface area contributed by atoms with Gasteiger partial charge in [-0.05, 0) is 50.4 Å². The molecule has 0 bridgehead atoms. The van der Waals surface area contributed by atoms with Crippen LogP contribution in [-0.4, -0.2) is 103 Å². The van der Waals surface area contributed by atoms with Crippen LogP contribution in [0.25, 0.3) is 22.2 Å². The summed E-state index contributed by atoms with van der Waals surface area (Å²) in [5, 5.41) is 0.943. The molecule has 0 atom stereocenters. The van der Waals surface area contributed by atoms with Crippen molar-refractivity contribution in [3.8, 4) is 22.6 Å². The molecule has 2 N–H and O–H groups in total. The number of aromatic nitrogens is 3. The maximum atomic E-state index is 6.47. The van der Waals surface area contributed by atoms with Crippen molar-refractivity contribution in [1.82, 2.24) is 24.3 Å². The van der Waals surface area contributed by atoms with Crippen molar-refractivity contribution in [3.05, 3.63) is 36.8 Å². The molecule has 3 heterocycles. The smallest absolute Gasteiger partial charge is 0.146 e. The van der Waals surface area contributed by atoms with E-state index in [1.807, 2.05) is 0 Å². The van der Waals surface area contributed by atoms with E-state index in [0.29, 0.717) is 17.9 Å². The third kappa shape index (κ3) is 5.21. The molecule has 12 heteroatoms. The lowest BCUT2D eigenvalue weighted by Crippen LogP contribution is -2.54. The quantitative estimate of drug-likeness (QED) is 0.265. The van der Waals surface area contributed by atoms with Crippen LogP contribution in [-0.2, 0) is 0 Å². The second-order valence-corrected chi connectivity index (χ2v) is 12.3. The minimum atomic E-state index is 0.422. The average Bonchev–Trinajstić information content (AvgIpc) is 3.39. The molecule has 4 aromatic rings. The van der Waals surface area contributed by atoms with Gasteiger partial charge in [0.25, 0.3) is 0 Å². The molecular formula is C29H39B5N6O. The van der Waals surface area contributed by atoms with Crippen LogP contribution in [0, 0.1) is 0 Å². The Morgan fingerprint density at radius 3 is 2.00 bits per heavy atom. The number of benzene rings is 2. The highest BCUT2D eigenvalue weighted by Gasteiger charge is 2.30. The Morgan fingerprint density at radius 2 is 1.37 bits per heavy atom. The fraction of sp³-hybridized carbons (Fsp3) is 0.379. The largest absolute Gasteiger partial charge is 0.459 e. The molecule has 1 aliphatic carbocycles. The molecule has 2 fully saturated rings. The molecule has 2 aromatic heterocycles. The maximum Gasteiger partial charge on any atom is 0.146 e. The van der Waals surface area contributed by atoms with E-state index in [2.05, 4.69) is 96.1 Å². The molecule has 0 spiro atoms. The van der Waals surface area contributed by atoms with E-state index in [4.69, 9.17) is 15.5 Å². The first-order valence-corrected chi connectivity index (χ1v) is 15.1. The van der Waals surface area contributed by atoms with Crippen molar-refractivity contribution in [2.24, 2.45) is 0 Å². The van der Waals surface area contributed by atoms with Crippen molar-refractivity contribution in [2.75, 3.05) is 39.0 Å². The van der Waals surface area contributed by atoms with Crippen molar-refractivity contribution >= 4 is 83.4 Å². The summed E-state index contributed by atoms with van der Waals surface area (Å²) in [6, 6.07) is 9.49. The number of rotatable bonds is 5. The number of hydrogen-bond acceptors (Lipinski definition) is 6. The van der Waals surface area contributed by atoms with Crippen LogP contribution in [0.5, 0.6) is 11.5 Å². The molecule has 0 amide bonds. The van der Waals surface area contributed by atoms with Crippen LogP contribution in [0.1, 0.15) is 31.7 Å². The molecule has 2 aromatic carbocycles. The Bertz CT molecular complexity index is 1550. The minimum Gasteiger partial charge on any atom is -0.459 e. The highest BCUT2D eigenvalue weighted by Crippen LogP contribution is 2.39. The van der Waals surface area contributed by atoms with Crippen molar-refractivity contribution in [1.29, 1.82) is 0 Å². The summed E-state index contributed by atoms with van der Waals surface area (Å²) in [7, 11) is 13.1. The molecule has 206 valence electrons. The zero-order chi connectivity index (χ0) is 28.8. The average molecular weight is 542 g/mol. The van der Waals surface area contributed by atoms with E-state index in [0.717, 1.165) is 46.5 Å². The summed E-state index contributed by atoms with van der Waals surface area (Å²) in [5.41, 5.74) is 15.9. The summed E-state index contributed by atoms with van der Waals surface area (Å²) in [6.45, 7) is 4.73. The molecule has 7 nitrogen and oxygen atoms in total. The molecule has 1 saturated heterocycles. The lowest BCUT2D eigenvalue weighted by Gasteiger charge is -2.41. The van der Waals surface area contributed by atoms with Crippen LogP contribution in [0.2, 0.25) is 0 Å². The van der Waals surface area contributed by atoms with Gasteiger partial charge in [0.2, 0.25) is 0 Å². The normalized spacial score (nSPS) is 20.4. The lowest BCUT2D eigenvalue weighted by molar-refractivity contribution is 0.0828. The Balaban J connectivity index is 1.25. The van der Waals surface area contributed by atoms with E-state index >= 15 is 0 Å². The van der Waals surface area contributed by atoms with Gasteiger partial charge in [-0.1, -0.05) is 34.0 Å². The molecule has 1 saturated carbocycles. The number of fused-ring (bicyclic) bond motifs is 1. The van der Waals surface area contributed by atoms with Gasteiger partial charge < -0.3 is 19.9 Å². The van der Waals surface area contributed by atoms with E-state index in [-0.39, 0.29) is 0 Å². The summed E-state index contributed by atoms with van der Waals surface area (Å²) in [5.74, 6) is 2.32. The first kappa shape index (κ1) is 28.0. The van der Waals surface area contributed by atoms with Crippen LogP contribution in [0.4, 0.5) is 5.82 Å². The van der Waals surface area contributed by atoms with Gasteiger partial charge >= 0.3 is 0 Å². The molecule has 0 unspecified atom stereocenters. The van der Waals surface area contributed by atoms with Crippen LogP contribution >= 0.6 is 0 Å². The molecular weight excluding hydrogens is 502 g/mol. The molecule has 0 radical (unpaired) electrons. The van der Waals surface area contributed by atoms with Crippen molar-refractivity contribution < 1.29 is 4.74 Å². The van der Waals surface area contributed by atoms with E-state index in [1.54, 1.807) is 6.33 Å². The second kappa shape index (κ2) is 11.3. The standard InChI is InChI=1S/C29H39B5N6O/c1-38-10-12-39(13-11-38)17-4-6-18(7-5-17)40-14-20(21-28(35)36-15-37-29(21)40)16-2-8-19(9-3-16)41-27-25(33)23(31)22(30)24(32)26(27)34/h2-3,8-9,14-15,17-18H,4-7,10-13,30-34H2,1H3,(H2,35,36,37)/t17-,18-. The third-order valence-corrected chi connectivity index (χ3v) is 10.1. The third-order valence-electron chi connectivity index (χ3n) is 10.1. The lowest BCUT2D eigenvalue weighted by atomic mass is 9.62. The van der Waals surface area contributed by atoms with Gasteiger partial charge in [-0.3, -0.25) is 4.90 Å². The fourth-order valence-corrected chi connectivity index (χ4v) is 6.93. The van der Waals surface area contributed by atoms with Crippen molar-refractivity contribution in [2.45, 2.75) is 37.8 Å². The second-order valence-electron chi connectivity index (χ2n) is 12.3. The first-order chi connectivity index (χ1) is 19.7. The number of nitrogens with zero attached hydrogens (tertiary/aromatic N) is 5. The summed E-state index contributed by atoms with van der Waals surface area (Å²) >= 11 is 0. The molecule has 6 rings (SSSR count). The predicted octanol–water partition coefficient (Wildman–Crippen LogP) is -3.50. The van der Waals surface area contributed by atoms with E-state index in [9.17, 15) is 0 Å². The van der Waals surface area contributed by atoms with Gasteiger partial charge in [0.05, 0.1) is 5.39 Å². The molecule has 41 heavy (non-hydrogen) atoms. The number of hydrogen-bond donors (Lipinski definition) is 1. The number of piperazine rings is 1. The number of likely N-dealkylation sites (N-methyl/N-ethyl adjacent to an activating group) is 1. The van der Waals surface area contributed by atoms with Gasteiger partial charge in [-0.25, -0.2) is 9.97 Å². The highest BCUT2D eigenvalue weighted by atomic mass is 16.5. The van der Waals surface area contributed by atoms with Crippen LogP contribution in [0.15, 0.2) is 36.8 Å². The summed E-state index contributed by atoms with van der Waals surface area (Å²) in [6.07, 6.45) is 8.63. The Labute approximate surface area is 248 Å². The van der Waals surface area contributed by atoms with Gasteiger partial charge in [0.15, 0.2) is 0 Å². The zero-order valence-electron chi connectivity index (χ0n) is 25.5. The highest BCUT2D eigenvalue weighted by molar-refractivity contribution is 6.67. The zero-order valence-corrected chi connectivity index (χ0v) is 25.5. The summed E-state index contributed by atoms with van der Waals surface area (Å²) in [4.78, 5) is 14.2. The van der Waals surface area contributed by atoms with Crippen molar-refractivity contribution in [3.63, 3.8) is 0 Å². The Hall–Kier alpha value is -3.10. The van der Waals surface area contributed by atoms with Gasteiger partial charge in [0.1, 0.15) is 68.5 Å². The topological polar surface area (TPSA) is 72.4 Å². The number of nitrogens with two attached hydrogens (primary N) is 1. The Morgan fingerprint density at radius 1 is 0.780 bits per heavy atom. The molecule has 2 aliphatic rings. The van der Waals surface area contributed by atoms with Crippen LogP contribution < -0.4 is 37.8 Å². The predicted molar refractivity (Wildman–Crippen MR) is 185 cm³/mol. The minimum absolute atomic E-state index is 0.422. The SMILES string of the molecule is Bc1c(B)c(B)c(Oc2ccc(-c3cn([C@H]4CC[C@H](N5CCN(C)CC5)CC4)c4ncnc(N)c34)cc2)c(B)c1B. The number of anilines is 1. The monoisotopic (exact) mass is 542 g/mol. The van der Waals surface area contributed by atoms with Crippen LogP contribution in [0.3, 0.4) is 0 Å². The van der Waals surface area contributed by atoms with Gasteiger partial charge in [-0.15, -0.1) is 5.46 Å². The number of ether oxygens (including phenoxy) is 1. The van der Waals surface area contributed by atoms with E-state index in [1.165, 1.54) is 66.3 Å². The fourth-order valence-electron chi connectivity index (χ4n) is 6.93. The summed E-state index contributed by atoms with van der Waals surface area (Å²) < 4.78 is 8.84. The maximum absolute atomic E-state index is 6.47. The van der Waals surface area contributed by atoms with Gasteiger partial charge in [0, 0.05) is 50.0 Å². The number of nitrogen functional groups attached to an aromatic ring is 1. The van der Waals surface area contributed by atoms with E-state index < -0.39 is 0 Å². The first-order valence-electron chi connectivity index (χ1n) is 15.1. The van der Waals surface area contributed by atoms with Gasteiger partial charge in [-0.2, -0.15) is 0 Å². The Kier molecular flexibility index (Phi) is 7.72. The molecule has 1 aliphatic heterocycles.